The zero-order valence-corrected chi connectivity index (χ0v) is 11.7. The zero-order valence-electron chi connectivity index (χ0n) is 11.7. The number of nitrogens with two attached hydrogens (primary N) is 1. The van der Waals surface area contributed by atoms with Crippen LogP contribution in [-0.4, -0.2) is 30.4 Å². The van der Waals surface area contributed by atoms with Crippen LogP contribution in [0, 0.1) is 5.92 Å². The molecule has 1 aromatic carbocycles. The Kier molecular flexibility index (Phi) is 4.97. The summed E-state index contributed by atoms with van der Waals surface area (Å²) in [6, 6.07) is 10.6. The van der Waals surface area contributed by atoms with Gasteiger partial charge < -0.3 is 10.6 Å². The molecule has 0 radical (unpaired) electrons. The van der Waals surface area contributed by atoms with Crippen molar-refractivity contribution in [2.24, 2.45) is 11.7 Å². The van der Waals surface area contributed by atoms with E-state index in [0.717, 1.165) is 12.8 Å². The molecular formula is C16H24N2O. The molecule has 2 N–H and O–H groups in total. The molecule has 0 aromatic heterocycles. The average Bonchev–Trinajstić information content (AvgIpc) is 3.25. The maximum atomic E-state index is 12.1. The monoisotopic (exact) mass is 260 g/mol. The third-order valence-corrected chi connectivity index (χ3v) is 4.00. The summed E-state index contributed by atoms with van der Waals surface area (Å²) < 4.78 is 0. The molecule has 0 heterocycles. The van der Waals surface area contributed by atoms with Gasteiger partial charge in [0.15, 0.2) is 0 Å². The Hall–Kier alpha value is -1.35. The van der Waals surface area contributed by atoms with Gasteiger partial charge in [-0.05, 0) is 37.2 Å². The van der Waals surface area contributed by atoms with Crippen molar-refractivity contribution in [1.82, 2.24) is 4.90 Å². The fraction of sp³-hybridized carbons (Fsp3) is 0.562. The number of amides is 1. The van der Waals surface area contributed by atoms with Crippen LogP contribution < -0.4 is 5.73 Å². The normalized spacial score (nSPS) is 16.1. The maximum absolute atomic E-state index is 12.1. The number of nitrogens with zero attached hydrogens (tertiary/aromatic N) is 1. The van der Waals surface area contributed by atoms with Crippen molar-refractivity contribution in [3.05, 3.63) is 35.9 Å². The summed E-state index contributed by atoms with van der Waals surface area (Å²) in [5.41, 5.74) is 7.08. The van der Waals surface area contributed by atoms with Crippen molar-refractivity contribution in [3.63, 3.8) is 0 Å². The molecule has 0 spiro atoms. The Labute approximate surface area is 115 Å². The number of rotatable bonds is 7. The molecule has 0 aliphatic heterocycles. The highest BCUT2D eigenvalue weighted by Crippen LogP contribution is 2.34. The Morgan fingerprint density at radius 3 is 2.63 bits per heavy atom. The molecule has 1 aliphatic carbocycles. The summed E-state index contributed by atoms with van der Waals surface area (Å²) in [5.74, 6) is 0.881. The number of hydrogen-bond acceptors (Lipinski definition) is 2. The van der Waals surface area contributed by atoms with Crippen molar-refractivity contribution in [1.29, 1.82) is 0 Å². The van der Waals surface area contributed by atoms with Gasteiger partial charge in [-0.25, -0.2) is 0 Å². The van der Waals surface area contributed by atoms with Gasteiger partial charge in [-0.15, -0.1) is 0 Å². The fourth-order valence-electron chi connectivity index (χ4n) is 2.60. The summed E-state index contributed by atoms with van der Waals surface area (Å²) in [6.07, 6.45) is 4.95. The zero-order chi connectivity index (χ0) is 13.7. The number of carbonyl (C=O) groups excluding carboxylic acids is 1. The molecule has 1 aliphatic rings. The molecule has 1 saturated carbocycles. The minimum Gasteiger partial charge on any atom is -0.341 e. The molecule has 1 aromatic rings. The number of aryl methyl sites for hydroxylation is 1. The van der Waals surface area contributed by atoms with E-state index >= 15 is 0 Å². The van der Waals surface area contributed by atoms with Crippen molar-refractivity contribution < 1.29 is 4.79 Å². The summed E-state index contributed by atoms with van der Waals surface area (Å²) in [5, 5.41) is 0. The van der Waals surface area contributed by atoms with Gasteiger partial charge in [0.2, 0.25) is 5.91 Å². The van der Waals surface area contributed by atoms with Crippen molar-refractivity contribution in [2.75, 3.05) is 13.6 Å². The van der Waals surface area contributed by atoms with E-state index in [0.29, 0.717) is 18.9 Å². The second kappa shape index (κ2) is 6.71. The summed E-state index contributed by atoms with van der Waals surface area (Å²) in [7, 11) is 1.90. The van der Waals surface area contributed by atoms with Crippen LogP contribution in [0.2, 0.25) is 0 Å². The minimum atomic E-state index is 0.235. The molecule has 0 bridgehead atoms. The minimum absolute atomic E-state index is 0.235. The van der Waals surface area contributed by atoms with Gasteiger partial charge in [0.25, 0.3) is 0 Å². The Morgan fingerprint density at radius 1 is 1.37 bits per heavy atom. The molecule has 104 valence electrons. The predicted molar refractivity (Wildman–Crippen MR) is 77.7 cm³/mol. The number of benzene rings is 1. The first-order valence-corrected chi connectivity index (χ1v) is 7.22. The maximum Gasteiger partial charge on any atom is 0.222 e. The second-order valence-corrected chi connectivity index (χ2v) is 5.48. The predicted octanol–water partition coefficient (Wildman–Crippen LogP) is 2.21. The van der Waals surface area contributed by atoms with Crippen molar-refractivity contribution in [3.8, 4) is 0 Å². The van der Waals surface area contributed by atoms with Gasteiger partial charge in [0, 0.05) is 26.1 Å². The lowest BCUT2D eigenvalue weighted by Crippen LogP contribution is -2.43. The first-order chi connectivity index (χ1) is 9.22. The molecule has 1 amide bonds. The molecular weight excluding hydrogens is 236 g/mol. The fourth-order valence-corrected chi connectivity index (χ4v) is 2.60. The van der Waals surface area contributed by atoms with E-state index < -0.39 is 0 Å². The van der Waals surface area contributed by atoms with Crippen LogP contribution in [0.25, 0.3) is 0 Å². The van der Waals surface area contributed by atoms with E-state index in [-0.39, 0.29) is 11.9 Å². The van der Waals surface area contributed by atoms with E-state index in [2.05, 4.69) is 12.1 Å². The van der Waals surface area contributed by atoms with Crippen LogP contribution in [0.4, 0.5) is 0 Å². The number of hydrogen-bond donors (Lipinski definition) is 1. The second-order valence-electron chi connectivity index (χ2n) is 5.48. The average molecular weight is 260 g/mol. The highest BCUT2D eigenvalue weighted by atomic mass is 16.2. The largest absolute Gasteiger partial charge is 0.341 e. The number of carbonyl (C=O) groups is 1. The molecule has 2 rings (SSSR count). The summed E-state index contributed by atoms with van der Waals surface area (Å²) >= 11 is 0. The molecule has 3 nitrogen and oxygen atoms in total. The van der Waals surface area contributed by atoms with Crippen LogP contribution in [0.1, 0.15) is 31.2 Å². The summed E-state index contributed by atoms with van der Waals surface area (Å²) in [6.45, 7) is 0.589. The lowest BCUT2D eigenvalue weighted by atomic mass is 10.1. The van der Waals surface area contributed by atoms with E-state index in [1.807, 2.05) is 30.1 Å². The standard InChI is InChI=1S/C16H24N2O/c1-18(15(12-17)14-10-11-14)16(19)9-5-8-13-6-3-2-4-7-13/h2-4,6-7,14-15H,5,8-12,17H2,1H3. The van der Waals surface area contributed by atoms with Gasteiger partial charge in [0.05, 0.1) is 0 Å². The van der Waals surface area contributed by atoms with Gasteiger partial charge in [-0.2, -0.15) is 0 Å². The third kappa shape index (κ3) is 4.06. The highest BCUT2D eigenvalue weighted by Gasteiger charge is 2.34. The SMILES string of the molecule is CN(C(=O)CCCc1ccccc1)C(CN)C1CC1. The van der Waals surface area contributed by atoms with Crippen LogP contribution in [0.5, 0.6) is 0 Å². The molecule has 0 saturated heterocycles. The molecule has 3 heteroatoms. The molecule has 1 atom stereocenters. The molecule has 19 heavy (non-hydrogen) atoms. The van der Waals surface area contributed by atoms with Crippen LogP contribution in [-0.2, 0) is 11.2 Å². The molecule has 1 fully saturated rings. The van der Waals surface area contributed by atoms with Gasteiger partial charge >= 0.3 is 0 Å². The van der Waals surface area contributed by atoms with E-state index in [1.165, 1.54) is 18.4 Å². The number of likely N-dealkylation sites (N-methyl/N-ethyl adjacent to an activating group) is 1. The molecule has 1 unspecified atom stereocenters. The first-order valence-electron chi connectivity index (χ1n) is 7.22. The Morgan fingerprint density at radius 2 is 2.05 bits per heavy atom. The van der Waals surface area contributed by atoms with Crippen LogP contribution in [0.15, 0.2) is 30.3 Å². The quantitative estimate of drug-likeness (QED) is 0.817. The van der Waals surface area contributed by atoms with E-state index in [9.17, 15) is 4.79 Å². The van der Waals surface area contributed by atoms with Crippen LogP contribution >= 0.6 is 0 Å². The lowest BCUT2D eigenvalue weighted by Gasteiger charge is -2.27. The Bertz CT molecular complexity index is 400. The van der Waals surface area contributed by atoms with Gasteiger partial charge in [0.1, 0.15) is 0 Å². The summed E-state index contributed by atoms with van der Waals surface area (Å²) in [4.78, 5) is 14.0. The Balaban J connectivity index is 1.74. The highest BCUT2D eigenvalue weighted by molar-refractivity contribution is 5.76. The van der Waals surface area contributed by atoms with Crippen molar-refractivity contribution in [2.45, 2.75) is 38.1 Å². The van der Waals surface area contributed by atoms with Gasteiger partial charge in [-0.1, -0.05) is 30.3 Å². The van der Waals surface area contributed by atoms with E-state index in [1.54, 1.807) is 0 Å². The van der Waals surface area contributed by atoms with Crippen molar-refractivity contribution >= 4 is 5.91 Å². The smallest absolute Gasteiger partial charge is 0.222 e. The van der Waals surface area contributed by atoms with Gasteiger partial charge in [-0.3, -0.25) is 4.79 Å². The third-order valence-electron chi connectivity index (χ3n) is 4.00. The van der Waals surface area contributed by atoms with Crippen LogP contribution in [0.3, 0.4) is 0 Å². The first kappa shape index (κ1) is 14.1. The lowest BCUT2D eigenvalue weighted by molar-refractivity contribution is -0.132. The topological polar surface area (TPSA) is 46.3 Å². The van der Waals surface area contributed by atoms with E-state index in [4.69, 9.17) is 5.73 Å².